The molecule has 3 nitrogen and oxygen atoms in total. The molecule has 0 radical (unpaired) electrons. The number of carbonyl (C=O) groups excluding carboxylic acids is 1. The fourth-order valence-corrected chi connectivity index (χ4v) is 2.19. The number of thioether (sulfide) groups is 1. The third kappa shape index (κ3) is 5.94. The first-order chi connectivity index (χ1) is 7.88. The van der Waals surface area contributed by atoms with Crippen molar-refractivity contribution in [2.24, 2.45) is 0 Å². The SMILES string of the molecule is CC(C)(C)OC(=O)CCSc1ncccc1Cl. The van der Waals surface area contributed by atoms with Gasteiger partial charge in [0.15, 0.2) is 0 Å². The Hall–Kier alpha value is -0.740. The van der Waals surface area contributed by atoms with Crippen molar-refractivity contribution in [2.75, 3.05) is 5.75 Å². The molecule has 1 aromatic rings. The molecule has 17 heavy (non-hydrogen) atoms. The van der Waals surface area contributed by atoms with E-state index in [1.807, 2.05) is 20.8 Å². The Balaban J connectivity index is 2.34. The lowest BCUT2D eigenvalue weighted by Gasteiger charge is -2.19. The molecule has 5 heteroatoms. The monoisotopic (exact) mass is 273 g/mol. The van der Waals surface area contributed by atoms with Crippen LogP contribution in [0.5, 0.6) is 0 Å². The molecule has 0 saturated carbocycles. The van der Waals surface area contributed by atoms with Gasteiger partial charge in [-0.3, -0.25) is 4.79 Å². The largest absolute Gasteiger partial charge is 0.460 e. The van der Waals surface area contributed by atoms with E-state index in [4.69, 9.17) is 16.3 Å². The predicted molar refractivity (Wildman–Crippen MR) is 70.4 cm³/mol. The molecule has 0 unspecified atom stereocenters. The lowest BCUT2D eigenvalue weighted by Crippen LogP contribution is -2.24. The molecule has 0 amide bonds. The van der Waals surface area contributed by atoms with Gasteiger partial charge in [-0.2, -0.15) is 0 Å². The van der Waals surface area contributed by atoms with E-state index in [9.17, 15) is 4.79 Å². The Bertz CT molecular complexity index is 390. The smallest absolute Gasteiger partial charge is 0.307 e. The van der Waals surface area contributed by atoms with Crippen molar-refractivity contribution in [3.8, 4) is 0 Å². The maximum absolute atomic E-state index is 11.4. The second-order valence-electron chi connectivity index (χ2n) is 4.48. The normalized spacial score (nSPS) is 11.3. The molecule has 0 fully saturated rings. The summed E-state index contributed by atoms with van der Waals surface area (Å²) >= 11 is 7.40. The minimum atomic E-state index is -0.426. The summed E-state index contributed by atoms with van der Waals surface area (Å²) in [6.07, 6.45) is 2.04. The van der Waals surface area contributed by atoms with E-state index in [2.05, 4.69) is 4.98 Å². The molecule has 1 heterocycles. The van der Waals surface area contributed by atoms with Crippen LogP contribution in [0.25, 0.3) is 0 Å². The van der Waals surface area contributed by atoms with Crippen LogP contribution in [-0.2, 0) is 9.53 Å². The molecule has 0 aliphatic rings. The highest BCUT2D eigenvalue weighted by Gasteiger charge is 2.16. The standard InChI is InChI=1S/C12H16ClNO2S/c1-12(2,3)16-10(15)6-8-17-11-9(13)5-4-7-14-11/h4-5,7H,6,8H2,1-3H3. The highest BCUT2D eigenvalue weighted by atomic mass is 35.5. The average molecular weight is 274 g/mol. The van der Waals surface area contributed by atoms with Crippen molar-refractivity contribution in [3.05, 3.63) is 23.4 Å². The maximum atomic E-state index is 11.4. The molecule has 0 bridgehead atoms. The molecule has 0 saturated heterocycles. The van der Waals surface area contributed by atoms with Gasteiger partial charge in [-0.25, -0.2) is 4.98 Å². The topological polar surface area (TPSA) is 39.2 Å². The quantitative estimate of drug-likeness (QED) is 0.621. The summed E-state index contributed by atoms with van der Waals surface area (Å²) in [5, 5.41) is 1.36. The molecule has 0 atom stereocenters. The van der Waals surface area contributed by atoms with Gasteiger partial charge in [0.1, 0.15) is 10.6 Å². The number of pyridine rings is 1. The van der Waals surface area contributed by atoms with E-state index in [1.165, 1.54) is 11.8 Å². The molecule has 0 N–H and O–H groups in total. The predicted octanol–water partition coefficient (Wildman–Crippen LogP) is 3.56. The van der Waals surface area contributed by atoms with E-state index >= 15 is 0 Å². The number of hydrogen-bond acceptors (Lipinski definition) is 4. The van der Waals surface area contributed by atoms with Gasteiger partial charge in [0, 0.05) is 11.9 Å². The molecule has 1 aromatic heterocycles. The number of hydrogen-bond donors (Lipinski definition) is 0. The molecule has 94 valence electrons. The summed E-state index contributed by atoms with van der Waals surface area (Å²) in [5.74, 6) is 0.420. The van der Waals surface area contributed by atoms with Crippen LogP contribution in [0.15, 0.2) is 23.4 Å². The second kappa shape index (κ2) is 6.26. The molecule has 0 aromatic carbocycles. The highest BCUT2D eigenvalue weighted by molar-refractivity contribution is 7.99. The highest BCUT2D eigenvalue weighted by Crippen LogP contribution is 2.24. The van der Waals surface area contributed by atoms with E-state index in [0.29, 0.717) is 17.2 Å². The van der Waals surface area contributed by atoms with Crippen molar-refractivity contribution in [3.63, 3.8) is 0 Å². The Morgan fingerprint density at radius 2 is 2.24 bits per heavy atom. The minimum absolute atomic E-state index is 0.197. The number of halogens is 1. The van der Waals surface area contributed by atoms with Crippen molar-refractivity contribution in [2.45, 2.75) is 37.8 Å². The van der Waals surface area contributed by atoms with Gasteiger partial charge >= 0.3 is 5.97 Å². The fourth-order valence-electron chi connectivity index (χ4n) is 1.10. The van der Waals surface area contributed by atoms with Crippen molar-refractivity contribution in [1.82, 2.24) is 4.98 Å². The van der Waals surface area contributed by atoms with Crippen LogP contribution >= 0.6 is 23.4 Å². The number of esters is 1. The summed E-state index contributed by atoms with van der Waals surface area (Å²) in [7, 11) is 0. The first kappa shape index (κ1) is 14.3. The van der Waals surface area contributed by atoms with Gasteiger partial charge in [-0.05, 0) is 32.9 Å². The van der Waals surface area contributed by atoms with Gasteiger partial charge in [-0.15, -0.1) is 11.8 Å². The number of rotatable bonds is 4. The van der Waals surface area contributed by atoms with Crippen LogP contribution in [-0.4, -0.2) is 22.3 Å². The maximum Gasteiger partial charge on any atom is 0.307 e. The summed E-state index contributed by atoms with van der Waals surface area (Å²) in [6, 6.07) is 3.56. The molecule has 0 aliphatic heterocycles. The Labute approximate surface area is 111 Å². The Morgan fingerprint density at radius 3 is 2.82 bits per heavy atom. The van der Waals surface area contributed by atoms with Crippen molar-refractivity contribution < 1.29 is 9.53 Å². The minimum Gasteiger partial charge on any atom is -0.460 e. The summed E-state index contributed by atoms with van der Waals surface area (Å²) in [5.41, 5.74) is -0.426. The summed E-state index contributed by atoms with van der Waals surface area (Å²) < 4.78 is 5.20. The zero-order valence-electron chi connectivity index (χ0n) is 10.2. The summed E-state index contributed by atoms with van der Waals surface area (Å²) in [6.45, 7) is 5.56. The summed E-state index contributed by atoms with van der Waals surface area (Å²) in [4.78, 5) is 15.6. The lowest BCUT2D eigenvalue weighted by atomic mass is 10.2. The number of carbonyl (C=O) groups is 1. The first-order valence-corrected chi connectivity index (χ1v) is 6.70. The zero-order valence-corrected chi connectivity index (χ0v) is 11.8. The Kier molecular flexibility index (Phi) is 5.28. The van der Waals surface area contributed by atoms with Gasteiger partial charge in [0.25, 0.3) is 0 Å². The fraction of sp³-hybridized carbons (Fsp3) is 0.500. The molecule has 0 aliphatic carbocycles. The van der Waals surface area contributed by atoms with E-state index < -0.39 is 5.60 Å². The third-order valence-corrected chi connectivity index (χ3v) is 3.11. The third-order valence-electron chi connectivity index (χ3n) is 1.69. The van der Waals surface area contributed by atoms with Gasteiger partial charge in [-0.1, -0.05) is 11.6 Å². The van der Waals surface area contributed by atoms with Crippen LogP contribution in [0.3, 0.4) is 0 Å². The van der Waals surface area contributed by atoms with Crippen LogP contribution in [0.2, 0.25) is 5.02 Å². The van der Waals surface area contributed by atoms with Crippen LogP contribution in [0, 0.1) is 0 Å². The van der Waals surface area contributed by atoms with E-state index in [1.54, 1.807) is 18.3 Å². The molecule has 1 rings (SSSR count). The molecular formula is C12H16ClNO2S. The van der Waals surface area contributed by atoms with Crippen LogP contribution in [0.4, 0.5) is 0 Å². The van der Waals surface area contributed by atoms with E-state index in [0.717, 1.165) is 5.03 Å². The first-order valence-electron chi connectivity index (χ1n) is 5.33. The van der Waals surface area contributed by atoms with E-state index in [-0.39, 0.29) is 5.97 Å². The van der Waals surface area contributed by atoms with Gasteiger partial charge in [0.2, 0.25) is 0 Å². The van der Waals surface area contributed by atoms with Crippen molar-refractivity contribution in [1.29, 1.82) is 0 Å². The zero-order chi connectivity index (χ0) is 12.9. The van der Waals surface area contributed by atoms with Gasteiger partial charge in [0.05, 0.1) is 11.4 Å². The number of aromatic nitrogens is 1. The van der Waals surface area contributed by atoms with Gasteiger partial charge < -0.3 is 4.74 Å². The second-order valence-corrected chi connectivity index (χ2v) is 5.97. The average Bonchev–Trinajstić information content (AvgIpc) is 2.18. The van der Waals surface area contributed by atoms with Crippen molar-refractivity contribution >= 4 is 29.3 Å². The number of nitrogens with zero attached hydrogens (tertiary/aromatic N) is 1. The van der Waals surface area contributed by atoms with Crippen LogP contribution < -0.4 is 0 Å². The number of ether oxygens (including phenoxy) is 1. The molecular weight excluding hydrogens is 258 g/mol. The molecule has 0 spiro atoms. The van der Waals surface area contributed by atoms with Crippen LogP contribution in [0.1, 0.15) is 27.2 Å². The Morgan fingerprint density at radius 1 is 1.53 bits per heavy atom. The lowest BCUT2D eigenvalue weighted by molar-refractivity contribution is -0.154.